The van der Waals surface area contributed by atoms with Crippen molar-refractivity contribution in [3.05, 3.63) is 101 Å². The third-order valence-electron chi connectivity index (χ3n) is 7.03. The molecule has 7 nitrogen and oxygen atoms in total. The first-order chi connectivity index (χ1) is 19.3. The predicted octanol–water partition coefficient (Wildman–Crippen LogP) is 5.90. The van der Waals surface area contributed by atoms with E-state index in [1.807, 2.05) is 78.6 Å². The minimum atomic E-state index is -0.374. The van der Waals surface area contributed by atoms with Crippen LogP contribution in [0.15, 0.2) is 78.9 Å². The van der Waals surface area contributed by atoms with E-state index in [4.69, 9.17) is 28.6 Å². The van der Waals surface area contributed by atoms with Gasteiger partial charge in [-0.1, -0.05) is 54.1 Å². The van der Waals surface area contributed by atoms with Gasteiger partial charge in [0.2, 0.25) is 0 Å². The van der Waals surface area contributed by atoms with Gasteiger partial charge < -0.3 is 19.9 Å². The maximum atomic E-state index is 13.0. The number of methoxy groups -OCH3 is 1. The van der Waals surface area contributed by atoms with Crippen LogP contribution in [-0.2, 0) is 0 Å². The first-order valence-corrected chi connectivity index (χ1v) is 13.7. The van der Waals surface area contributed by atoms with Crippen molar-refractivity contribution >= 4 is 62.9 Å². The highest BCUT2D eigenvalue weighted by Crippen LogP contribution is 2.30. The molecule has 0 radical (unpaired) electrons. The van der Waals surface area contributed by atoms with E-state index in [1.54, 1.807) is 12.1 Å². The van der Waals surface area contributed by atoms with Crippen LogP contribution in [0.25, 0.3) is 10.8 Å². The summed E-state index contributed by atoms with van der Waals surface area (Å²) < 4.78 is 5.44. The van der Waals surface area contributed by atoms with Gasteiger partial charge in [-0.25, -0.2) is 0 Å². The minimum Gasteiger partial charge on any atom is -0.496 e. The van der Waals surface area contributed by atoms with Crippen molar-refractivity contribution in [3.63, 3.8) is 0 Å². The number of aryl methyl sites for hydroxylation is 1. The van der Waals surface area contributed by atoms with E-state index in [0.29, 0.717) is 48.2 Å². The van der Waals surface area contributed by atoms with Crippen LogP contribution in [0.1, 0.15) is 26.3 Å². The van der Waals surface area contributed by atoms with E-state index in [2.05, 4.69) is 15.5 Å². The lowest BCUT2D eigenvalue weighted by Crippen LogP contribution is -2.49. The second kappa shape index (κ2) is 11.9. The molecule has 2 amide bonds. The Balaban J connectivity index is 1.20. The standard InChI is InChI=1S/C31H29ClN4O3S/c1-20-7-3-6-10-24(20)30(38)36-15-13-35(14-16-36)27-12-11-23(19-26(27)32)33-31(40)34-29(37)25-17-21-8-4-5-9-22(21)18-28(25)39-2/h3-12,17-19H,13-16H2,1-2H3,(H2,33,34,37,40). The Morgan fingerprint density at radius 2 is 1.55 bits per heavy atom. The highest BCUT2D eigenvalue weighted by molar-refractivity contribution is 7.80. The molecule has 0 atom stereocenters. The Hall–Kier alpha value is -4.14. The molecule has 2 N–H and O–H groups in total. The lowest BCUT2D eigenvalue weighted by molar-refractivity contribution is 0.0746. The topological polar surface area (TPSA) is 73.9 Å². The summed E-state index contributed by atoms with van der Waals surface area (Å²) in [6.07, 6.45) is 0. The summed E-state index contributed by atoms with van der Waals surface area (Å²) in [5, 5.41) is 8.36. The molecule has 0 spiro atoms. The summed E-state index contributed by atoms with van der Waals surface area (Å²) in [6, 6.07) is 24.6. The van der Waals surface area contributed by atoms with Crippen LogP contribution in [0, 0.1) is 6.92 Å². The fourth-order valence-corrected chi connectivity index (χ4v) is 5.38. The second-order valence-corrected chi connectivity index (χ2v) is 10.4. The Morgan fingerprint density at radius 1 is 0.875 bits per heavy atom. The number of thiocarbonyl (C=S) groups is 1. The van der Waals surface area contributed by atoms with Crippen LogP contribution in [0.5, 0.6) is 5.75 Å². The molecular formula is C31H29ClN4O3S. The van der Waals surface area contributed by atoms with Crippen LogP contribution in [-0.4, -0.2) is 55.1 Å². The van der Waals surface area contributed by atoms with E-state index in [1.165, 1.54) is 7.11 Å². The number of halogens is 1. The number of anilines is 2. The van der Waals surface area contributed by atoms with E-state index < -0.39 is 0 Å². The molecule has 4 aromatic carbocycles. The zero-order valence-electron chi connectivity index (χ0n) is 22.2. The van der Waals surface area contributed by atoms with Crippen molar-refractivity contribution in [3.8, 4) is 5.75 Å². The van der Waals surface area contributed by atoms with Crippen molar-refractivity contribution in [2.75, 3.05) is 43.5 Å². The summed E-state index contributed by atoms with van der Waals surface area (Å²) in [5.41, 5.74) is 3.64. The number of nitrogens with one attached hydrogen (secondary N) is 2. The Morgan fingerprint density at radius 3 is 2.23 bits per heavy atom. The lowest BCUT2D eigenvalue weighted by atomic mass is 10.1. The molecule has 1 heterocycles. The molecule has 1 fully saturated rings. The summed E-state index contributed by atoms with van der Waals surface area (Å²) in [7, 11) is 1.53. The number of hydrogen-bond donors (Lipinski definition) is 2. The van der Waals surface area contributed by atoms with Gasteiger partial charge in [-0.15, -0.1) is 0 Å². The summed E-state index contributed by atoms with van der Waals surface area (Å²) in [6.45, 7) is 4.52. The third kappa shape index (κ3) is 5.88. The normalized spacial score (nSPS) is 13.2. The van der Waals surface area contributed by atoms with Crippen molar-refractivity contribution < 1.29 is 14.3 Å². The smallest absolute Gasteiger partial charge is 0.261 e. The molecule has 4 aromatic rings. The quantitative estimate of drug-likeness (QED) is 0.290. The van der Waals surface area contributed by atoms with E-state index >= 15 is 0 Å². The van der Waals surface area contributed by atoms with Gasteiger partial charge in [0, 0.05) is 37.4 Å². The first-order valence-electron chi connectivity index (χ1n) is 12.9. The van der Waals surface area contributed by atoms with Crippen LogP contribution in [0.2, 0.25) is 5.02 Å². The SMILES string of the molecule is COc1cc2ccccc2cc1C(=O)NC(=S)Nc1ccc(N2CCN(C(=O)c3ccccc3C)CC2)c(Cl)c1. The average Bonchev–Trinajstić information content (AvgIpc) is 2.96. The van der Waals surface area contributed by atoms with Crippen molar-refractivity contribution in [2.45, 2.75) is 6.92 Å². The van der Waals surface area contributed by atoms with Crippen LogP contribution in [0.3, 0.4) is 0 Å². The van der Waals surface area contributed by atoms with Crippen molar-refractivity contribution in [1.29, 1.82) is 0 Å². The molecule has 204 valence electrons. The van der Waals surface area contributed by atoms with E-state index in [-0.39, 0.29) is 16.9 Å². The molecule has 0 bridgehead atoms. The number of fused-ring (bicyclic) bond motifs is 1. The Bertz CT molecular complexity index is 1600. The molecule has 5 rings (SSSR count). The monoisotopic (exact) mass is 572 g/mol. The number of amides is 2. The number of carbonyl (C=O) groups is 2. The molecule has 0 unspecified atom stereocenters. The van der Waals surface area contributed by atoms with Crippen molar-refractivity contribution in [2.24, 2.45) is 0 Å². The number of carbonyl (C=O) groups excluding carboxylic acids is 2. The number of piperazine rings is 1. The molecular weight excluding hydrogens is 544 g/mol. The summed E-state index contributed by atoms with van der Waals surface area (Å²) >= 11 is 12.0. The molecule has 0 aromatic heterocycles. The summed E-state index contributed by atoms with van der Waals surface area (Å²) in [4.78, 5) is 30.0. The highest BCUT2D eigenvalue weighted by atomic mass is 35.5. The fourth-order valence-electron chi connectivity index (χ4n) is 4.87. The fraction of sp³-hybridized carbons (Fsp3) is 0.194. The van der Waals surface area contributed by atoms with Crippen LogP contribution < -0.4 is 20.3 Å². The minimum absolute atomic E-state index is 0.0558. The average molecular weight is 573 g/mol. The highest BCUT2D eigenvalue weighted by Gasteiger charge is 2.24. The van der Waals surface area contributed by atoms with Gasteiger partial charge in [-0.3, -0.25) is 14.9 Å². The maximum Gasteiger partial charge on any atom is 0.261 e. The van der Waals surface area contributed by atoms with Crippen molar-refractivity contribution in [1.82, 2.24) is 10.2 Å². The largest absolute Gasteiger partial charge is 0.496 e. The number of benzene rings is 4. The summed E-state index contributed by atoms with van der Waals surface area (Å²) in [5.74, 6) is 0.147. The van der Waals surface area contributed by atoms with Gasteiger partial charge in [-0.05, 0) is 71.9 Å². The van der Waals surface area contributed by atoms with Gasteiger partial charge in [0.1, 0.15) is 5.75 Å². The molecule has 1 aliphatic rings. The van der Waals surface area contributed by atoms with Gasteiger partial charge in [0.05, 0.1) is 23.4 Å². The Labute approximate surface area is 243 Å². The zero-order valence-corrected chi connectivity index (χ0v) is 23.8. The lowest BCUT2D eigenvalue weighted by Gasteiger charge is -2.36. The predicted molar refractivity (Wildman–Crippen MR) is 165 cm³/mol. The van der Waals surface area contributed by atoms with Gasteiger partial charge in [0.15, 0.2) is 5.11 Å². The first kappa shape index (κ1) is 27.4. The van der Waals surface area contributed by atoms with Gasteiger partial charge >= 0.3 is 0 Å². The van der Waals surface area contributed by atoms with E-state index in [0.717, 1.165) is 27.6 Å². The number of hydrogen-bond acceptors (Lipinski definition) is 5. The number of nitrogens with zero attached hydrogens (tertiary/aromatic N) is 2. The molecule has 1 aliphatic heterocycles. The molecule has 0 aliphatic carbocycles. The zero-order chi connectivity index (χ0) is 28.2. The molecule has 9 heteroatoms. The number of rotatable bonds is 5. The molecule has 0 saturated carbocycles. The third-order valence-corrected chi connectivity index (χ3v) is 7.53. The van der Waals surface area contributed by atoms with Gasteiger partial charge in [-0.2, -0.15) is 0 Å². The van der Waals surface area contributed by atoms with E-state index in [9.17, 15) is 9.59 Å². The second-order valence-electron chi connectivity index (χ2n) is 9.57. The van der Waals surface area contributed by atoms with Crippen LogP contribution in [0.4, 0.5) is 11.4 Å². The Kier molecular flexibility index (Phi) is 8.19. The van der Waals surface area contributed by atoms with Crippen LogP contribution >= 0.6 is 23.8 Å². The molecule has 1 saturated heterocycles. The maximum absolute atomic E-state index is 13.0. The molecule has 40 heavy (non-hydrogen) atoms. The number of ether oxygens (including phenoxy) is 1. The van der Waals surface area contributed by atoms with Gasteiger partial charge in [0.25, 0.3) is 11.8 Å².